The van der Waals surface area contributed by atoms with Gasteiger partial charge in [0.05, 0.1) is 0 Å². The molecule has 7 heteroatoms. The number of rotatable bonds is 6. The van der Waals surface area contributed by atoms with E-state index in [1.165, 1.54) is 12.8 Å². The van der Waals surface area contributed by atoms with Crippen LogP contribution in [0.5, 0.6) is 5.88 Å². The summed E-state index contributed by atoms with van der Waals surface area (Å²) in [5.74, 6) is 1.56. The molecular weight excluding hydrogens is 388 g/mol. The molecule has 1 atom stereocenters. The first kappa shape index (κ1) is 17.5. The van der Waals surface area contributed by atoms with Crippen LogP contribution in [0.3, 0.4) is 0 Å². The fraction of sp³-hybridized carbons (Fsp3) is 0.471. The molecule has 0 amide bonds. The highest BCUT2D eigenvalue weighted by Gasteiger charge is 2.24. The zero-order valence-electron chi connectivity index (χ0n) is 13.9. The Morgan fingerprint density at radius 3 is 2.92 bits per heavy atom. The lowest BCUT2D eigenvalue weighted by molar-refractivity contribution is 0.216. The smallest absolute Gasteiger partial charge is 0.247 e. The van der Waals surface area contributed by atoms with Crippen LogP contribution in [0.25, 0.3) is 11.3 Å². The highest BCUT2D eigenvalue weighted by molar-refractivity contribution is 9.10. The van der Waals surface area contributed by atoms with Crippen LogP contribution in [0.4, 0.5) is 5.69 Å². The Morgan fingerprint density at radius 2 is 2.12 bits per heavy atom. The van der Waals surface area contributed by atoms with Crippen molar-refractivity contribution in [2.75, 3.05) is 11.1 Å². The summed E-state index contributed by atoms with van der Waals surface area (Å²) in [4.78, 5) is 4.61. The molecule has 24 heavy (non-hydrogen) atoms. The van der Waals surface area contributed by atoms with Crippen LogP contribution >= 0.6 is 27.7 Å². The van der Waals surface area contributed by atoms with E-state index in [4.69, 9.17) is 4.74 Å². The summed E-state index contributed by atoms with van der Waals surface area (Å²) in [6.45, 7) is 4.28. The molecule has 1 aromatic carbocycles. The van der Waals surface area contributed by atoms with Gasteiger partial charge in [0, 0.05) is 27.9 Å². The van der Waals surface area contributed by atoms with Gasteiger partial charge in [0.15, 0.2) is 11.9 Å². The monoisotopic (exact) mass is 408 g/mol. The van der Waals surface area contributed by atoms with E-state index in [9.17, 15) is 0 Å². The molecule has 0 bridgehead atoms. The van der Waals surface area contributed by atoms with Crippen molar-refractivity contribution < 1.29 is 4.74 Å². The first-order chi connectivity index (χ1) is 11.7. The van der Waals surface area contributed by atoms with Crippen molar-refractivity contribution >= 4 is 33.4 Å². The van der Waals surface area contributed by atoms with Gasteiger partial charge >= 0.3 is 0 Å². The minimum atomic E-state index is -0.124. The first-order valence-corrected chi connectivity index (χ1v) is 10.1. The molecule has 0 radical (unpaired) electrons. The number of hydrogen-bond donors (Lipinski definition) is 1. The number of thioether (sulfide) groups is 1. The molecule has 1 aromatic heterocycles. The van der Waals surface area contributed by atoms with E-state index in [1.807, 2.05) is 18.2 Å². The van der Waals surface area contributed by atoms with Crippen LogP contribution < -0.4 is 10.1 Å². The third-order valence-corrected chi connectivity index (χ3v) is 5.21. The Labute approximate surface area is 155 Å². The van der Waals surface area contributed by atoms with Crippen molar-refractivity contribution in [3.05, 3.63) is 22.7 Å². The first-order valence-electron chi connectivity index (χ1n) is 8.32. The van der Waals surface area contributed by atoms with Gasteiger partial charge in [-0.3, -0.25) is 0 Å². The van der Waals surface area contributed by atoms with Crippen LogP contribution in [0.15, 0.2) is 27.8 Å². The fourth-order valence-electron chi connectivity index (χ4n) is 2.49. The van der Waals surface area contributed by atoms with E-state index < -0.39 is 0 Å². The van der Waals surface area contributed by atoms with Gasteiger partial charge in [-0.1, -0.05) is 54.4 Å². The molecule has 0 saturated heterocycles. The zero-order chi connectivity index (χ0) is 16.9. The van der Waals surface area contributed by atoms with Gasteiger partial charge in [-0.2, -0.15) is 4.98 Å². The number of halogens is 1. The molecule has 2 aromatic rings. The predicted molar refractivity (Wildman–Crippen MR) is 102 cm³/mol. The van der Waals surface area contributed by atoms with Gasteiger partial charge in [0.25, 0.3) is 0 Å². The maximum Gasteiger partial charge on any atom is 0.247 e. The molecule has 1 aliphatic heterocycles. The Morgan fingerprint density at radius 1 is 1.25 bits per heavy atom. The molecule has 0 unspecified atom stereocenters. The number of ether oxygens (including phenoxy) is 1. The molecule has 1 aliphatic rings. The van der Waals surface area contributed by atoms with Crippen LogP contribution in [0.1, 0.15) is 39.5 Å². The number of fused-ring (bicyclic) bond motifs is 3. The van der Waals surface area contributed by atoms with Crippen molar-refractivity contribution in [3.8, 4) is 17.1 Å². The quantitative estimate of drug-likeness (QED) is 0.528. The molecule has 0 aliphatic carbocycles. The fourth-order valence-corrected chi connectivity index (χ4v) is 3.63. The van der Waals surface area contributed by atoms with Crippen molar-refractivity contribution in [2.24, 2.45) is 0 Å². The minimum absolute atomic E-state index is 0.124. The number of unbranched alkanes of at least 4 members (excludes halogenated alkanes) is 2. The van der Waals surface area contributed by atoms with E-state index >= 15 is 0 Å². The van der Waals surface area contributed by atoms with E-state index in [-0.39, 0.29) is 6.23 Å². The lowest BCUT2D eigenvalue weighted by Gasteiger charge is -2.16. The standard InChI is InChI=1S/C17H21BrN4OS/c1-3-5-6-9-24-17-20-16-15(21-22-17)12-10-11(18)7-8-13(12)19-14(4-2)23-16/h7-8,10,14,19H,3-6,9H2,1-2H3/t14-/m0/s1. The van der Waals surface area contributed by atoms with Crippen LogP contribution in [-0.4, -0.2) is 27.2 Å². The van der Waals surface area contributed by atoms with Crippen molar-refractivity contribution in [2.45, 2.75) is 50.9 Å². The molecular formula is C17H21BrN4OS. The van der Waals surface area contributed by atoms with Gasteiger partial charge in [-0.25, -0.2) is 0 Å². The molecule has 2 heterocycles. The Hall–Kier alpha value is -1.34. The van der Waals surface area contributed by atoms with Gasteiger partial charge in [0.2, 0.25) is 11.0 Å². The molecule has 0 saturated carbocycles. The maximum absolute atomic E-state index is 6.04. The highest BCUT2D eigenvalue weighted by Crippen LogP contribution is 2.38. The topological polar surface area (TPSA) is 59.9 Å². The third kappa shape index (κ3) is 4.00. The van der Waals surface area contributed by atoms with Crippen LogP contribution in [0, 0.1) is 0 Å². The van der Waals surface area contributed by atoms with Crippen molar-refractivity contribution in [3.63, 3.8) is 0 Å². The van der Waals surface area contributed by atoms with E-state index in [2.05, 4.69) is 50.3 Å². The molecule has 3 rings (SSSR count). The van der Waals surface area contributed by atoms with Gasteiger partial charge in [0.1, 0.15) is 0 Å². The van der Waals surface area contributed by atoms with Crippen LogP contribution in [-0.2, 0) is 0 Å². The minimum Gasteiger partial charge on any atom is -0.452 e. The van der Waals surface area contributed by atoms with E-state index in [0.717, 1.165) is 34.3 Å². The van der Waals surface area contributed by atoms with E-state index in [0.29, 0.717) is 16.7 Å². The number of hydrogen-bond acceptors (Lipinski definition) is 6. The third-order valence-electron chi connectivity index (χ3n) is 3.79. The maximum atomic E-state index is 6.04. The molecule has 0 spiro atoms. The SMILES string of the molecule is CCCCCSc1nnc2c(n1)O[C@@H](CC)Nc1ccc(Br)cc1-2. The largest absolute Gasteiger partial charge is 0.452 e. The van der Waals surface area contributed by atoms with Gasteiger partial charge in [-0.05, 0) is 24.6 Å². The zero-order valence-corrected chi connectivity index (χ0v) is 16.3. The van der Waals surface area contributed by atoms with Crippen LogP contribution in [0.2, 0.25) is 0 Å². The number of benzene rings is 1. The number of nitrogens with one attached hydrogen (secondary N) is 1. The summed E-state index contributed by atoms with van der Waals surface area (Å²) in [7, 11) is 0. The van der Waals surface area contributed by atoms with Crippen molar-refractivity contribution in [1.29, 1.82) is 0 Å². The van der Waals surface area contributed by atoms with E-state index in [1.54, 1.807) is 11.8 Å². The Kier molecular flexibility index (Phi) is 5.94. The summed E-state index contributed by atoms with van der Waals surface area (Å²) < 4.78 is 7.03. The molecule has 0 fully saturated rings. The Bertz CT molecular complexity index is 713. The summed E-state index contributed by atoms with van der Waals surface area (Å²) in [6, 6.07) is 6.05. The molecule has 128 valence electrons. The Balaban J connectivity index is 1.91. The van der Waals surface area contributed by atoms with Gasteiger partial charge in [-0.15, -0.1) is 10.2 Å². The second kappa shape index (κ2) is 8.16. The highest BCUT2D eigenvalue weighted by atomic mass is 79.9. The summed E-state index contributed by atoms with van der Waals surface area (Å²) in [5, 5.41) is 12.8. The second-order valence-electron chi connectivity index (χ2n) is 5.65. The lowest BCUT2D eigenvalue weighted by Crippen LogP contribution is -2.24. The number of aromatic nitrogens is 3. The second-order valence-corrected chi connectivity index (χ2v) is 7.63. The number of anilines is 1. The summed E-state index contributed by atoms with van der Waals surface area (Å²) >= 11 is 5.16. The normalized spacial score (nSPS) is 15.7. The average Bonchev–Trinajstić information content (AvgIpc) is 2.74. The predicted octanol–water partition coefficient (Wildman–Crippen LogP) is 5.12. The summed E-state index contributed by atoms with van der Waals surface area (Å²) in [6.07, 6.45) is 4.31. The molecule has 1 N–H and O–H groups in total. The average molecular weight is 409 g/mol. The van der Waals surface area contributed by atoms with Crippen molar-refractivity contribution in [1.82, 2.24) is 15.2 Å². The molecule has 5 nitrogen and oxygen atoms in total. The summed E-state index contributed by atoms with van der Waals surface area (Å²) in [5.41, 5.74) is 2.63. The van der Waals surface area contributed by atoms with Gasteiger partial charge < -0.3 is 10.1 Å². The number of nitrogens with zero attached hydrogens (tertiary/aromatic N) is 3. The lowest BCUT2D eigenvalue weighted by atomic mass is 10.1.